The van der Waals surface area contributed by atoms with Gasteiger partial charge in [0.25, 0.3) is 5.91 Å². The van der Waals surface area contributed by atoms with E-state index < -0.39 is 17.7 Å². The number of carbonyl (C=O) groups is 1. The molecule has 11 heteroatoms. The molecule has 2 fully saturated rings. The normalized spacial score (nSPS) is 21.6. The van der Waals surface area contributed by atoms with Gasteiger partial charge in [0.05, 0.1) is 6.61 Å². The number of anilines is 1. The lowest BCUT2D eigenvalue weighted by molar-refractivity contribution is -0.286. The first-order valence-corrected chi connectivity index (χ1v) is 12.1. The van der Waals surface area contributed by atoms with E-state index in [1.54, 1.807) is 12.1 Å². The highest BCUT2D eigenvalue weighted by molar-refractivity contribution is 6.30. The molecule has 3 heterocycles. The molecule has 2 aromatic carbocycles. The molecule has 1 N–H and O–H groups in total. The third-order valence-electron chi connectivity index (χ3n) is 7.19. The second-order valence-corrected chi connectivity index (χ2v) is 9.98. The van der Waals surface area contributed by atoms with E-state index in [9.17, 15) is 18.0 Å². The first-order chi connectivity index (χ1) is 17.2. The number of piperidine rings is 1. The van der Waals surface area contributed by atoms with Crippen LogP contribution in [-0.4, -0.2) is 43.8 Å². The SMILES string of the molecule is COCc1c(F)cc(Cl)cc1N1CCC2(CC1)N=C(c1ccc3c(c1C1CC1)OC(F)(F)O3)NC2=O. The van der Waals surface area contributed by atoms with E-state index in [1.165, 1.54) is 19.2 Å². The van der Waals surface area contributed by atoms with Crippen molar-refractivity contribution in [3.8, 4) is 11.5 Å². The van der Waals surface area contributed by atoms with Crippen molar-refractivity contribution in [2.24, 2.45) is 4.99 Å². The molecule has 1 saturated heterocycles. The van der Waals surface area contributed by atoms with Crippen LogP contribution in [0.25, 0.3) is 0 Å². The van der Waals surface area contributed by atoms with Crippen molar-refractivity contribution in [3.05, 3.63) is 51.8 Å². The molecule has 3 aliphatic heterocycles. The number of amides is 1. The Morgan fingerprint density at radius 3 is 2.67 bits per heavy atom. The number of rotatable bonds is 5. The summed E-state index contributed by atoms with van der Waals surface area (Å²) in [7, 11) is 1.50. The van der Waals surface area contributed by atoms with Crippen molar-refractivity contribution < 1.29 is 32.2 Å². The van der Waals surface area contributed by atoms with Crippen LogP contribution in [0.3, 0.4) is 0 Å². The molecular formula is C25H23ClF3N3O4. The number of amidine groups is 1. The van der Waals surface area contributed by atoms with Gasteiger partial charge < -0.3 is 24.4 Å². The van der Waals surface area contributed by atoms with Gasteiger partial charge in [0, 0.05) is 47.6 Å². The Hall–Kier alpha value is -2.98. The molecule has 190 valence electrons. The smallest absolute Gasteiger partial charge is 0.395 e. The topological polar surface area (TPSA) is 72.4 Å². The summed E-state index contributed by atoms with van der Waals surface area (Å²) in [6.07, 6.45) is -1.27. The summed E-state index contributed by atoms with van der Waals surface area (Å²) in [6, 6.07) is 6.02. The van der Waals surface area contributed by atoms with Gasteiger partial charge in [0.1, 0.15) is 17.2 Å². The lowest BCUT2D eigenvalue weighted by Gasteiger charge is -2.37. The van der Waals surface area contributed by atoms with Crippen LogP contribution in [0, 0.1) is 5.82 Å². The molecule has 36 heavy (non-hydrogen) atoms. The van der Waals surface area contributed by atoms with Crippen molar-refractivity contribution in [2.75, 3.05) is 25.1 Å². The Morgan fingerprint density at radius 1 is 1.22 bits per heavy atom. The maximum Gasteiger partial charge on any atom is 0.586 e. The van der Waals surface area contributed by atoms with Crippen LogP contribution in [0.15, 0.2) is 29.3 Å². The quantitative estimate of drug-likeness (QED) is 0.615. The first kappa shape index (κ1) is 23.4. The number of benzene rings is 2. The Labute approximate surface area is 210 Å². The molecule has 2 aromatic rings. The Kier molecular flexibility index (Phi) is 5.38. The fourth-order valence-corrected chi connectivity index (χ4v) is 5.48. The minimum Gasteiger partial charge on any atom is -0.395 e. The molecule has 0 radical (unpaired) electrons. The van der Waals surface area contributed by atoms with E-state index in [0.717, 1.165) is 12.8 Å². The predicted octanol–water partition coefficient (Wildman–Crippen LogP) is 4.74. The summed E-state index contributed by atoms with van der Waals surface area (Å²) < 4.78 is 56.7. The molecular weight excluding hydrogens is 499 g/mol. The molecule has 4 aliphatic rings. The fraction of sp³-hybridized carbons (Fsp3) is 0.440. The third-order valence-corrected chi connectivity index (χ3v) is 7.41. The largest absolute Gasteiger partial charge is 0.586 e. The van der Waals surface area contributed by atoms with E-state index in [1.807, 2.05) is 4.90 Å². The van der Waals surface area contributed by atoms with Crippen molar-refractivity contribution >= 4 is 29.0 Å². The molecule has 6 rings (SSSR count). The number of hydrogen-bond donors (Lipinski definition) is 1. The van der Waals surface area contributed by atoms with Crippen LogP contribution in [0.4, 0.5) is 18.9 Å². The summed E-state index contributed by atoms with van der Waals surface area (Å²) >= 11 is 6.12. The summed E-state index contributed by atoms with van der Waals surface area (Å²) in [5.41, 5.74) is 1.21. The summed E-state index contributed by atoms with van der Waals surface area (Å²) in [5, 5.41) is 3.16. The number of hydrogen-bond acceptors (Lipinski definition) is 6. The number of halogens is 4. The number of fused-ring (bicyclic) bond motifs is 1. The van der Waals surface area contributed by atoms with Gasteiger partial charge in [-0.1, -0.05) is 11.6 Å². The first-order valence-electron chi connectivity index (χ1n) is 11.8. The van der Waals surface area contributed by atoms with Gasteiger partial charge >= 0.3 is 6.29 Å². The van der Waals surface area contributed by atoms with Crippen molar-refractivity contribution in [1.82, 2.24) is 5.32 Å². The Morgan fingerprint density at radius 2 is 1.97 bits per heavy atom. The summed E-state index contributed by atoms with van der Waals surface area (Å²) in [6.45, 7) is 0.989. The second kappa shape index (κ2) is 8.27. The van der Waals surface area contributed by atoms with E-state index in [-0.39, 0.29) is 35.0 Å². The highest BCUT2D eigenvalue weighted by atomic mass is 35.5. The molecule has 1 spiro atoms. The maximum atomic E-state index is 14.6. The molecule has 7 nitrogen and oxygen atoms in total. The van der Waals surface area contributed by atoms with Crippen LogP contribution in [0.1, 0.15) is 48.3 Å². The third kappa shape index (κ3) is 3.87. The molecule has 0 unspecified atom stereocenters. The van der Waals surface area contributed by atoms with Crippen LogP contribution in [-0.2, 0) is 16.1 Å². The molecule has 1 amide bonds. The van der Waals surface area contributed by atoms with E-state index in [2.05, 4.69) is 10.1 Å². The number of alkyl halides is 2. The summed E-state index contributed by atoms with van der Waals surface area (Å²) in [4.78, 5) is 20.0. The van der Waals surface area contributed by atoms with Gasteiger partial charge in [-0.25, -0.2) is 4.39 Å². The van der Waals surface area contributed by atoms with Crippen LogP contribution in [0.2, 0.25) is 5.02 Å². The highest BCUT2D eigenvalue weighted by Gasteiger charge is 2.50. The highest BCUT2D eigenvalue weighted by Crippen LogP contribution is 2.53. The standard InChI is InChI=1S/C25H23ClF3N3O4/c1-34-12-16-17(27)10-14(26)11-18(16)32-8-6-24(7-9-32)23(33)30-22(31-24)15-4-5-19-21(20(15)13-2-3-13)36-25(28,29)35-19/h4-5,10-11,13H,2-3,6-9,12H2,1H3,(H,30,31,33). The van der Waals surface area contributed by atoms with Crippen LogP contribution < -0.4 is 19.7 Å². The van der Waals surface area contributed by atoms with E-state index in [4.69, 9.17) is 26.1 Å². The van der Waals surface area contributed by atoms with Crippen LogP contribution in [0.5, 0.6) is 11.5 Å². The molecule has 0 aromatic heterocycles. The van der Waals surface area contributed by atoms with E-state index in [0.29, 0.717) is 54.1 Å². The zero-order valence-corrected chi connectivity index (χ0v) is 20.1. The van der Waals surface area contributed by atoms with Gasteiger partial charge in [-0.3, -0.25) is 9.79 Å². The minimum atomic E-state index is -3.72. The predicted molar refractivity (Wildman–Crippen MR) is 126 cm³/mol. The molecule has 0 bridgehead atoms. The number of carbonyl (C=O) groups excluding carboxylic acids is 1. The number of methoxy groups -OCH3 is 1. The molecule has 1 aliphatic carbocycles. The maximum absolute atomic E-state index is 14.6. The average molecular weight is 522 g/mol. The number of aliphatic imine (C=N–C) groups is 1. The zero-order valence-electron chi connectivity index (χ0n) is 19.4. The van der Waals surface area contributed by atoms with Gasteiger partial charge in [-0.05, 0) is 55.9 Å². The Bertz CT molecular complexity index is 1290. The lowest BCUT2D eigenvalue weighted by Crippen LogP contribution is -2.49. The fourth-order valence-electron chi connectivity index (χ4n) is 5.28. The average Bonchev–Trinajstić information content (AvgIpc) is 3.54. The lowest BCUT2D eigenvalue weighted by atomic mass is 9.87. The van der Waals surface area contributed by atoms with Crippen molar-refractivity contribution in [2.45, 2.75) is 50.0 Å². The molecule has 1 saturated carbocycles. The second-order valence-electron chi connectivity index (χ2n) is 9.55. The number of ether oxygens (including phenoxy) is 3. The number of nitrogens with zero attached hydrogens (tertiary/aromatic N) is 2. The van der Waals surface area contributed by atoms with Crippen LogP contribution >= 0.6 is 11.6 Å². The Balaban J connectivity index is 1.29. The van der Waals surface area contributed by atoms with Crippen molar-refractivity contribution in [3.63, 3.8) is 0 Å². The number of nitrogens with one attached hydrogen (secondary N) is 1. The van der Waals surface area contributed by atoms with E-state index >= 15 is 0 Å². The van der Waals surface area contributed by atoms with Gasteiger partial charge in [-0.15, -0.1) is 8.78 Å². The van der Waals surface area contributed by atoms with Gasteiger partial charge in [-0.2, -0.15) is 0 Å². The monoisotopic (exact) mass is 521 g/mol. The molecule has 0 atom stereocenters. The van der Waals surface area contributed by atoms with Gasteiger partial charge in [0.15, 0.2) is 11.5 Å². The minimum absolute atomic E-state index is 0.0146. The van der Waals surface area contributed by atoms with Gasteiger partial charge in [0.2, 0.25) is 0 Å². The zero-order chi connectivity index (χ0) is 25.2. The summed E-state index contributed by atoms with van der Waals surface area (Å²) in [5.74, 6) is -0.287. The van der Waals surface area contributed by atoms with Crippen molar-refractivity contribution in [1.29, 1.82) is 0 Å².